The van der Waals surface area contributed by atoms with Crippen LogP contribution in [0.25, 0.3) is 5.70 Å². The number of benzene rings is 1. The molecule has 4 heteroatoms. The Bertz CT molecular complexity index is 614. The smallest absolute Gasteiger partial charge is 0.256 e. The Kier molecular flexibility index (Phi) is 5.15. The topological polar surface area (TPSA) is 12.5 Å². The third-order valence-corrected chi connectivity index (χ3v) is 3.40. The number of ether oxygens (including phenoxy) is 1. The molecule has 1 heterocycles. The van der Waals surface area contributed by atoms with Gasteiger partial charge in [0.25, 0.3) is 6.43 Å². The Balaban J connectivity index is 2.27. The van der Waals surface area contributed by atoms with E-state index in [0.717, 1.165) is 11.1 Å². The summed E-state index contributed by atoms with van der Waals surface area (Å²) in [6, 6.07) is 7.33. The predicted octanol–water partition coefficient (Wildman–Crippen LogP) is 4.63. The first kappa shape index (κ1) is 16.0. The number of hydrogen-bond acceptors (Lipinski definition) is 2. The fourth-order valence-corrected chi connectivity index (χ4v) is 2.22. The molecule has 0 aromatic heterocycles. The van der Waals surface area contributed by atoms with Gasteiger partial charge in [-0.2, -0.15) is 0 Å². The van der Waals surface area contributed by atoms with Crippen LogP contribution in [0.1, 0.15) is 12.5 Å². The van der Waals surface area contributed by atoms with Crippen molar-refractivity contribution in [1.29, 1.82) is 0 Å². The highest BCUT2D eigenvalue weighted by Gasteiger charge is 2.22. The zero-order valence-electron chi connectivity index (χ0n) is 12.6. The molecule has 0 radical (unpaired) electrons. The lowest BCUT2D eigenvalue weighted by atomic mass is 10.0. The average Bonchev–Trinajstić information content (AvgIpc) is 2.50. The molecule has 1 aromatic carbocycles. The first-order valence-corrected chi connectivity index (χ1v) is 7.00. The van der Waals surface area contributed by atoms with Gasteiger partial charge in [0.2, 0.25) is 0 Å². The number of allylic oxidation sites excluding steroid dienone is 3. The predicted molar refractivity (Wildman–Crippen MR) is 85.7 cm³/mol. The minimum absolute atomic E-state index is 0.370. The summed E-state index contributed by atoms with van der Waals surface area (Å²) in [6.45, 7) is 9.42. The van der Waals surface area contributed by atoms with Crippen molar-refractivity contribution in [3.63, 3.8) is 0 Å². The van der Waals surface area contributed by atoms with Crippen LogP contribution in [-0.2, 0) is 0 Å². The van der Waals surface area contributed by atoms with E-state index in [9.17, 15) is 8.78 Å². The molecule has 1 aromatic rings. The SMILES string of the molecule is C=CCOc1ccc(C2=CC=C(C)C(=C)N2CC(F)F)cc1. The first-order valence-electron chi connectivity index (χ1n) is 7.00. The maximum Gasteiger partial charge on any atom is 0.256 e. The summed E-state index contributed by atoms with van der Waals surface area (Å²) in [6.07, 6.45) is 2.97. The zero-order valence-corrected chi connectivity index (χ0v) is 12.6. The summed E-state index contributed by atoms with van der Waals surface area (Å²) in [5, 5.41) is 0. The van der Waals surface area contributed by atoms with Crippen molar-refractivity contribution in [2.75, 3.05) is 13.2 Å². The summed E-state index contributed by atoms with van der Waals surface area (Å²) in [5.41, 5.74) is 3.04. The normalized spacial score (nSPS) is 14.7. The van der Waals surface area contributed by atoms with Gasteiger partial charge in [-0.05, 0) is 48.4 Å². The van der Waals surface area contributed by atoms with Gasteiger partial charge in [-0.3, -0.25) is 0 Å². The molecule has 1 aliphatic heterocycles. The number of alkyl halides is 2. The van der Waals surface area contributed by atoms with Gasteiger partial charge >= 0.3 is 0 Å². The summed E-state index contributed by atoms with van der Waals surface area (Å²) in [4.78, 5) is 1.56. The first-order chi connectivity index (χ1) is 10.5. The highest BCUT2D eigenvalue weighted by atomic mass is 19.3. The van der Waals surface area contributed by atoms with Crippen molar-refractivity contribution in [3.05, 3.63) is 72.5 Å². The van der Waals surface area contributed by atoms with Crippen molar-refractivity contribution < 1.29 is 13.5 Å². The summed E-state index contributed by atoms with van der Waals surface area (Å²) in [7, 11) is 0. The van der Waals surface area contributed by atoms with E-state index in [1.165, 1.54) is 0 Å². The molecule has 2 rings (SSSR count). The van der Waals surface area contributed by atoms with E-state index in [-0.39, 0.29) is 6.54 Å². The maximum atomic E-state index is 12.9. The van der Waals surface area contributed by atoms with Crippen LogP contribution in [0.5, 0.6) is 5.75 Å². The molecule has 0 aliphatic carbocycles. The van der Waals surface area contributed by atoms with Crippen molar-refractivity contribution in [3.8, 4) is 5.75 Å². The lowest BCUT2D eigenvalue weighted by Gasteiger charge is -2.32. The van der Waals surface area contributed by atoms with E-state index < -0.39 is 6.43 Å². The molecule has 22 heavy (non-hydrogen) atoms. The molecule has 0 fully saturated rings. The minimum atomic E-state index is -2.43. The number of rotatable bonds is 6. The monoisotopic (exact) mass is 303 g/mol. The molecule has 0 saturated heterocycles. The fourth-order valence-electron chi connectivity index (χ4n) is 2.22. The van der Waals surface area contributed by atoms with Gasteiger partial charge in [-0.15, -0.1) is 0 Å². The molecule has 0 atom stereocenters. The van der Waals surface area contributed by atoms with Gasteiger partial charge in [0.05, 0.1) is 6.54 Å². The van der Waals surface area contributed by atoms with E-state index in [1.54, 1.807) is 11.0 Å². The Morgan fingerprint density at radius 2 is 1.91 bits per heavy atom. The van der Waals surface area contributed by atoms with E-state index in [4.69, 9.17) is 4.74 Å². The Hall–Kier alpha value is -2.36. The van der Waals surface area contributed by atoms with Crippen LogP contribution in [0.2, 0.25) is 0 Å². The van der Waals surface area contributed by atoms with Gasteiger partial charge in [0.1, 0.15) is 12.4 Å². The van der Waals surface area contributed by atoms with E-state index in [2.05, 4.69) is 13.2 Å². The molecule has 0 amide bonds. The van der Waals surface area contributed by atoms with Crippen molar-refractivity contribution >= 4 is 5.70 Å². The quantitative estimate of drug-likeness (QED) is 0.710. The molecule has 0 N–H and O–H groups in total. The number of hydrogen-bond donors (Lipinski definition) is 0. The molecule has 0 saturated carbocycles. The number of halogens is 2. The van der Waals surface area contributed by atoms with Crippen LogP contribution in [0, 0.1) is 0 Å². The van der Waals surface area contributed by atoms with Gasteiger partial charge in [-0.1, -0.05) is 25.3 Å². The molecule has 1 aliphatic rings. The highest BCUT2D eigenvalue weighted by Crippen LogP contribution is 2.31. The van der Waals surface area contributed by atoms with Gasteiger partial charge in [0.15, 0.2) is 0 Å². The average molecular weight is 303 g/mol. The molecule has 0 unspecified atom stereocenters. The Morgan fingerprint density at radius 3 is 2.50 bits per heavy atom. The molecular formula is C18H19F2NO. The summed E-state index contributed by atoms with van der Waals surface area (Å²) in [5.74, 6) is 0.714. The van der Waals surface area contributed by atoms with Crippen LogP contribution in [0.15, 0.2) is 66.9 Å². The van der Waals surface area contributed by atoms with Gasteiger partial charge < -0.3 is 9.64 Å². The van der Waals surface area contributed by atoms with E-state index in [1.807, 2.05) is 43.3 Å². The lowest BCUT2D eigenvalue weighted by molar-refractivity contribution is 0.123. The van der Waals surface area contributed by atoms with Gasteiger partial charge in [0, 0.05) is 11.4 Å². The minimum Gasteiger partial charge on any atom is -0.490 e. The molecule has 0 bridgehead atoms. The molecule has 2 nitrogen and oxygen atoms in total. The Morgan fingerprint density at radius 1 is 1.23 bits per heavy atom. The number of nitrogens with zero attached hydrogens (tertiary/aromatic N) is 1. The van der Waals surface area contributed by atoms with Gasteiger partial charge in [-0.25, -0.2) is 8.78 Å². The molecule has 116 valence electrons. The molecule has 0 spiro atoms. The Labute approximate surface area is 129 Å². The van der Waals surface area contributed by atoms with Crippen LogP contribution in [0.3, 0.4) is 0 Å². The van der Waals surface area contributed by atoms with Crippen LogP contribution in [0.4, 0.5) is 8.78 Å². The standard InChI is InChI=1S/C18H19F2NO/c1-4-11-22-16-8-6-15(7-9-16)17-10-5-13(2)14(3)21(17)12-18(19)20/h4-10,18H,1,3,11-12H2,2H3. The van der Waals surface area contributed by atoms with E-state index in [0.29, 0.717) is 23.8 Å². The lowest BCUT2D eigenvalue weighted by Crippen LogP contribution is -2.28. The summed E-state index contributed by atoms with van der Waals surface area (Å²) < 4.78 is 31.1. The largest absolute Gasteiger partial charge is 0.490 e. The second-order valence-electron chi connectivity index (χ2n) is 4.97. The highest BCUT2D eigenvalue weighted by molar-refractivity contribution is 5.71. The third-order valence-electron chi connectivity index (χ3n) is 3.40. The van der Waals surface area contributed by atoms with Crippen molar-refractivity contribution in [2.24, 2.45) is 0 Å². The zero-order chi connectivity index (χ0) is 16.1. The summed E-state index contributed by atoms with van der Waals surface area (Å²) >= 11 is 0. The third kappa shape index (κ3) is 3.64. The molecular weight excluding hydrogens is 284 g/mol. The fraction of sp³-hybridized carbons (Fsp3) is 0.222. The van der Waals surface area contributed by atoms with Crippen LogP contribution >= 0.6 is 0 Å². The van der Waals surface area contributed by atoms with Crippen LogP contribution in [-0.4, -0.2) is 24.5 Å². The maximum absolute atomic E-state index is 12.9. The van der Waals surface area contributed by atoms with Crippen LogP contribution < -0.4 is 4.74 Å². The second-order valence-corrected chi connectivity index (χ2v) is 4.97. The van der Waals surface area contributed by atoms with E-state index >= 15 is 0 Å². The van der Waals surface area contributed by atoms with Crippen molar-refractivity contribution in [2.45, 2.75) is 13.3 Å². The van der Waals surface area contributed by atoms with Crippen molar-refractivity contribution in [1.82, 2.24) is 4.90 Å². The second kappa shape index (κ2) is 7.07.